The van der Waals surface area contributed by atoms with E-state index in [1.807, 2.05) is 0 Å². The maximum atomic E-state index is 5.95. The number of nitrogens with two attached hydrogens (primary N) is 1. The highest BCUT2D eigenvalue weighted by Gasteiger charge is 2.53. The Bertz CT molecular complexity index is 522. The fraction of sp³-hybridized carbons (Fsp3) is 0.824. The number of rotatable bonds is 2. The van der Waals surface area contributed by atoms with Crippen LogP contribution in [-0.2, 0) is 24.9 Å². The predicted octanol–water partition coefficient (Wildman–Crippen LogP) is 2.76. The fourth-order valence-corrected chi connectivity index (χ4v) is 6.39. The van der Waals surface area contributed by atoms with E-state index in [1.54, 1.807) is 5.69 Å². The van der Waals surface area contributed by atoms with E-state index in [9.17, 15) is 0 Å². The third kappa shape index (κ3) is 1.42. The van der Waals surface area contributed by atoms with Gasteiger partial charge in [-0.3, -0.25) is 4.68 Å². The molecule has 108 valence electrons. The van der Waals surface area contributed by atoms with Crippen molar-refractivity contribution in [3.63, 3.8) is 0 Å². The molecule has 0 saturated heterocycles. The van der Waals surface area contributed by atoms with Crippen LogP contribution >= 0.6 is 0 Å². The Hall–Kier alpha value is -0.830. The van der Waals surface area contributed by atoms with Crippen LogP contribution in [0, 0.1) is 17.8 Å². The molecular formula is C17H25N3. The Morgan fingerprint density at radius 2 is 1.70 bits per heavy atom. The summed E-state index contributed by atoms with van der Waals surface area (Å²) in [5.41, 5.74) is 10.6. The van der Waals surface area contributed by atoms with Crippen LogP contribution in [-0.4, -0.2) is 9.78 Å². The zero-order valence-corrected chi connectivity index (χ0v) is 12.3. The Balaban J connectivity index is 1.63. The largest absolute Gasteiger partial charge is 0.325 e. The van der Waals surface area contributed by atoms with Crippen LogP contribution in [0.2, 0.25) is 0 Å². The van der Waals surface area contributed by atoms with Gasteiger partial charge in [0.15, 0.2) is 0 Å². The lowest BCUT2D eigenvalue weighted by Crippen LogP contribution is -2.52. The molecule has 3 heteroatoms. The van der Waals surface area contributed by atoms with E-state index in [0.717, 1.165) is 17.8 Å². The van der Waals surface area contributed by atoms with E-state index in [1.165, 1.54) is 69.0 Å². The molecule has 3 nitrogen and oxygen atoms in total. The molecule has 0 aromatic carbocycles. The van der Waals surface area contributed by atoms with E-state index in [2.05, 4.69) is 4.68 Å². The van der Waals surface area contributed by atoms with Crippen LogP contribution in [0.1, 0.15) is 61.9 Å². The maximum Gasteiger partial charge on any atom is 0.0795 e. The first-order valence-electron chi connectivity index (χ1n) is 8.57. The molecule has 1 aromatic heterocycles. The van der Waals surface area contributed by atoms with Gasteiger partial charge in [0.2, 0.25) is 0 Å². The van der Waals surface area contributed by atoms with Crippen molar-refractivity contribution in [1.82, 2.24) is 9.78 Å². The molecule has 0 spiro atoms. The summed E-state index contributed by atoms with van der Waals surface area (Å²) in [7, 11) is 0. The minimum atomic E-state index is 0.386. The lowest BCUT2D eigenvalue weighted by Gasteiger charge is -2.57. The maximum absolute atomic E-state index is 5.95. The second kappa shape index (κ2) is 3.88. The van der Waals surface area contributed by atoms with Crippen LogP contribution in [0.25, 0.3) is 0 Å². The summed E-state index contributed by atoms with van der Waals surface area (Å²) in [4.78, 5) is 0. The molecule has 5 aliphatic carbocycles. The molecular weight excluding hydrogens is 246 g/mol. The molecule has 4 bridgehead atoms. The number of aromatic nitrogens is 2. The summed E-state index contributed by atoms with van der Waals surface area (Å²) in [6.07, 6.45) is 12.5. The third-order valence-electron chi connectivity index (χ3n) is 6.66. The molecule has 4 saturated carbocycles. The summed E-state index contributed by atoms with van der Waals surface area (Å²) in [5, 5.41) is 5.03. The lowest BCUT2D eigenvalue weighted by molar-refractivity contribution is -0.0508. The van der Waals surface area contributed by atoms with Crippen molar-refractivity contribution in [2.75, 3.05) is 0 Å². The van der Waals surface area contributed by atoms with Gasteiger partial charge in [0.05, 0.1) is 11.2 Å². The van der Waals surface area contributed by atoms with Gasteiger partial charge in [0, 0.05) is 12.2 Å². The molecule has 4 fully saturated rings. The van der Waals surface area contributed by atoms with Crippen LogP contribution in [0.15, 0.2) is 0 Å². The molecule has 0 atom stereocenters. The second-order valence-electron chi connectivity index (χ2n) is 7.98. The van der Waals surface area contributed by atoms with Gasteiger partial charge in [0.25, 0.3) is 0 Å². The molecule has 5 aliphatic rings. The molecule has 20 heavy (non-hydrogen) atoms. The van der Waals surface area contributed by atoms with Crippen LogP contribution in [0.4, 0.5) is 0 Å². The molecule has 6 rings (SSSR count). The number of nitrogens with zero attached hydrogens (tertiary/aromatic N) is 2. The first kappa shape index (κ1) is 11.8. The van der Waals surface area contributed by atoms with Crippen molar-refractivity contribution >= 4 is 0 Å². The summed E-state index contributed by atoms with van der Waals surface area (Å²) < 4.78 is 2.52. The third-order valence-corrected chi connectivity index (χ3v) is 6.66. The number of fused-ring (bicyclic) bond motifs is 1. The number of hydrogen-bond donors (Lipinski definition) is 1. The molecule has 0 unspecified atom stereocenters. The molecule has 0 radical (unpaired) electrons. The van der Waals surface area contributed by atoms with E-state index in [-0.39, 0.29) is 0 Å². The van der Waals surface area contributed by atoms with Gasteiger partial charge >= 0.3 is 0 Å². The van der Waals surface area contributed by atoms with Crippen molar-refractivity contribution in [2.24, 2.45) is 23.5 Å². The highest BCUT2D eigenvalue weighted by atomic mass is 15.3. The summed E-state index contributed by atoms with van der Waals surface area (Å²) in [5.74, 6) is 2.97. The number of hydrogen-bond acceptors (Lipinski definition) is 2. The zero-order valence-electron chi connectivity index (χ0n) is 12.3. The van der Waals surface area contributed by atoms with E-state index in [0.29, 0.717) is 12.1 Å². The monoisotopic (exact) mass is 271 g/mol. The molecule has 0 amide bonds. The van der Waals surface area contributed by atoms with E-state index >= 15 is 0 Å². The molecule has 1 heterocycles. The van der Waals surface area contributed by atoms with Crippen molar-refractivity contribution in [3.8, 4) is 0 Å². The Morgan fingerprint density at radius 1 is 1.05 bits per heavy atom. The second-order valence-corrected chi connectivity index (χ2v) is 7.98. The fourth-order valence-electron chi connectivity index (χ4n) is 6.39. The Labute approximate surface area is 120 Å². The topological polar surface area (TPSA) is 43.8 Å². The van der Waals surface area contributed by atoms with E-state index < -0.39 is 0 Å². The standard InChI is InChI=1S/C17H25N3/c18-10-15-14-2-1-3-16(14)20(19-15)17-7-11-4-12(8-17)6-13(5-11)9-17/h11-13H,1-10,18H2. The molecule has 0 aliphatic heterocycles. The Morgan fingerprint density at radius 3 is 2.30 bits per heavy atom. The first-order chi connectivity index (χ1) is 9.77. The average Bonchev–Trinajstić information content (AvgIpc) is 2.97. The zero-order chi connectivity index (χ0) is 13.3. The summed E-state index contributed by atoms with van der Waals surface area (Å²) in [6, 6.07) is 0. The van der Waals surface area contributed by atoms with Crippen LogP contribution in [0.3, 0.4) is 0 Å². The first-order valence-corrected chi connectivity index (χ1v) is 8.57. The average molecular weight is 271 g/mol. The molecule has 1 aromatic rings. The quantitative estimate of drug-likeness (QED) is 0.899. The summed E-state index contributed by atoms with van der Waals surface area (Å²) >= 11 is 0. The van der Waals surface area contributed by atoms with E-state index in [4.69, 9.17) is 10.8 Å². The van der Waals surface area contributed by atoms with Crippen LogP contribution in [0.5, 0.6) is 0 Å². The van der Waals surface area contributed by atoms with Gasteiger partial charge in [-0.25, -0.2) is 0 Å². The molecule has 2 N–H and O–H groups in total. The van der Waals surface area contributed by atoms with Gasteiger partial charge in [-0.1, -0.05) is 0 Å². The normalized spacial score (nSPS) is 41.4. The van der Waals surface area contributed by atoms with Gasteiger partial charge in [-0.05, 0) is 81.1 Å². The van der Waals surface area contributed by atoms with Gasteiger partial charge < -0.3 is 5.73 Å². The lowest BCUT2D eigenvalue weighted by atomic mass is 9.53. The van der Waals surface area contributed by atoms with Gasteiger partial charge in [0.1, 0.15) is 0 Å². The van der Waals surface area contributed by atoms with Crippen molar-refractivity contribution in [2.45, 2.75) is 69.9 Å². The SMILES string of the molecule is NCc1nn(C23CC4CC(CC(C4)C2)C3)c2c1CCC2. The summed E-state index contributed by atoms with van der Waals surface area (Å²) in [6.45, 7) is 0.627. The minimum absolute atomic E-state index is 0.386. The predicted molar refractivity (Wildman–Crippen MR) is 78.3 cm³/mol. The van der Waals surface area contributed by atoms with Gasteiger partial charge in [-0.2, -0.15) is 5.10 Å². The van der Waals surface area contributed by atoms with Gasteiger partial charge in [-0.15, -0.1) is 0 Å². The van der Waals surface area contributed by atoms with Crippen molar-refractivity contribution < 1.29 is 0 Å². The highest BCUT2D eigenvalue weighted by Crippen LogP contribution is 2.59. The highest BCUT2D eigenvalue weighted by molar-refractivity contribution is 5.32. The Kier molecular flexibility index (Phi) is 2.29. The minimum Gasteiger partial charge on any atom is -0.325 e. The van der Waals surface area contributed by atoms with Crippen LogP contribution < -0.4 is 5.73 Å². The smallest absolute Gasteiger partial charge is 0.0795 e. The van der Waals surface area contributed by atoms with Crippen molar-refractivity contribution in [1.29, 1.82) is 0 Å². The van der Waals surface area contributed by atoms with Crippen molar-refractivity contribution in [3.05, 3.63) is 17.0 Å².